The number of fused-ring (bicyclic) bond motifs is 1. The van der Waals surface area contributed by atoms with Gasteiger partial charge >= 0.3 is 10.4 Å². The van der Waals surface area contributed by atoms with Crippen molar-refractivity contribution in [1.29, 1.82) is 0 Å². The zero-order valence-electron chi connectivity index (χ0n) is 16.0. The maximum absolute atomic E-state index is 12.3. The van der Waals surface area contributed by atoms with Gasteiger partial charge in [-0.15, -0.1) is 0 Å². The molecule has 0 amide bonds. The van der Waals surface area contributed by atoms with E-state index in [4.69, 9.17) is 32.1 Å². The van der Waals surface area contributed by atoms with Gasteiger partial charge in [0.05, 0.1) is 13.2 Å². The number of hydrogen-bond acceptors (Lipinski definition) is 9. The van der Waals surface area contributed by atoms with Crippen molar-refractivity contribution in [2.75, 3.05) is 13.2 Å². The van der Waals surface area contributed by atoms with Crippen LogP contribution in [0.1, 0.15) is 41.5 Å². The molecule has 3 heterocycles. The van der Waals surface area contributed by atoms with Crippen LogP contribution in [0.5, 0.6) is 0 Å². The highest BCUT2D eigenvalue weighted by Crippen LogP contribution is 2.42. The van der Waals surface area contributed by atoms with Crippen molar-refractivity contribution < 1.29 is 40.5 Å². The number of hydrogen-bond donors (Lipinski definition) is 0. The maximum Gasteiger partial charge on any atom is 0.400 e. The van der Waals surface area contributed by atoms with E-state index in [1.54, 1.807) is 27.7 Å². The van der Waals surface area contributed by atoms with Crippen LogP contribution in [0, 0.1) is 5.92 Å². The van der Waals surface area contributed by atoms with Crippen LogP contribution < -0.4 is 0 Å². The Balaban J connectivity index is 1.77. The zero-order valence-corrected chi connectivity index (χ0v) is 16.8. The molecule has 0 aromatic carbocycles. The molecule has 0 unspecified atom stereocenters. The minimum atomic E-state index is -4.24. The van der Waals surface area contributed by atoms with Crippen LogP contribution >= 0.6 is 0 Å². The summed E-state index contributed by atoms with van der Waals surface area (Å²) in [7, 11) is -4.24. The molecule has 152 valence electrons. The highest BCUT2D eigenvalue weighted by atomic mass is 32.3. The molecule has 0 aromatic rings. The van der Waals surface area contributed by atoms with E-state index in [1.807, 2.05) is 13.8 Å². The lowest BCUT2D eigenvalue weighted by Gasteiger charge is -2.28. The first-order valence-electron chi connectivity index (χ1n) is 8.78. The summed E-state index contributed by atoms with van der Waals surface area (Å²) in [6.07, 6.45) is -3.70. The summed E-state index contributed by atoms with van der Waals surface area (Å²) in [5.74, 6) is -1.66. The van der Waals surface area contributed by atoms with E-state index in [0.717, 1.165) is 0 Å². The summed E-state index contributed by atoms with van der Waals surface area (Å²) in [5, 5.41) is 0. The van der Waals surface area contributed by atoms with Crippen molar-refractivity contribution in [3.8, 4) is 0 Å². The van der Waals surface area contributed by atoms with Gasteiger partial charge in [-0.05, 0) is 33.6 Å². The SMILES string of the molecule is CC(C)COS(=O)(=O)O[C@@H]1[C@H]2OC(C)(C)O[C@H]2O[C@@H]1[C@@H]1COC(C)(C)O1. The fourth-order valence-corrected chi connectivity index (χ4v) is 4.16. The lowest BCUT2D eigenvalue weighted by molar-refractivity contribution is -0.230. The second-order valence-corrected chi connectivity index (χ2v) is 9.33. The third-order valence-corrected chi connectivity index (χ3v) is 5.08. The van der Waals surface area contributed by atoms with Gasteiger partial charge in [0.15, 0.2) is 17.9 Å². The Morgan fingerprint density at radius 2 is 1.73 bits per heavy atom. The second kappa shape index (κ2) is 6.93. The molecule has 3 fully saturated rings. The van der Waals surface area contributed by atoms with Gasteiger partial charge in [0.1, 0.15) is 24.4 Å². The Morgan fingerprint density at radius 3 is 2.31 bits per heavy atom. The average Bonchev–Trinajstić information content (AvgIpc) is 3.08. The predicted octanol–water partition coefficient (Wildman–Crippen LogP) is 1.32. The van der Waals surface area contributed by atoms with Crippen molar-refractivity contribution in [2.45, 2.75) is 83.8 Å². The van der Waals surface area contributed by atoms with Crippen LogP contribution in [-0.4, -0.2) is 63.9 Å². The van der Waals surface area contributed by atoms with Crippen LogP contribution in [-0.2, 0) is 42.4 Å². The van der Waals surface area contributed by atoms with Gasteiger partial charge in [-0.1, -0.05) is 13.8 Å². The van der Waals surface area contributed by atoms with Crippen molar-refractivity contribution in [3.05, 3.63) is 0 Å². The molecule has 3 saturated heterocycles. The van der Waals surface area contributed by atoms with Gasteiger partial charge < -0.3 is 23.7 Å². The van der Waals surface area contributed by atoms with Gasteiger partial charge in [-0.3, -0.25) is 0 Å². The Morgan fingerprint density at radius 1 is 1.04 bits per heavy atom. The first-order chi connectivity index (χ1) is 11.9. The Labute approximate surface area is 154 Å². The van der Waals surface area contributed by atoms with Crippen molar-refractivity contribution in [1.82, 2.24) is 0 Å². The van der Waals surface area contributed by atoms with E-state index in [-0.39, 0.29) is 19.1 Å². The van der Waals surface area contributed by atoms with Crippen molar-refractivity contribution >= 4 is 10.4 Å². The predicted molar refractivity (Wildman–Crippen MR) is 88.2 cm³/mol. The van der Waals surface area contributed by atoms with Crippen molar-refractivity contribution in [3.63, 3.8) is 0 Å². The minimum Gasteiger partial charge on any atom is -0.348 e. The second-order valence-electron chi connectivity index (χ2n) is 8.08. The molecule has 3 aliphatic rings. The zero-order chi connectivity index (χ0) is 19.3. The topological polar surface area (TPSA) is 98.8 Å². The number of rotatable bonds is 6. The molecular weight excluding hydrogens is 368 g/mol. The normalized spacial score (nSPS) is 38.8. The first-order valence-corrected chi connectivity index (χ1v) is 10.1. The summed E-state index contributed by atoms with van der Waals surface area (Å²) in [6.45, 7) is 10.9. The lowest BCUT2D eigenvalue weighted by Crippen LogP contribution is -2.45. The first kappa shape index (κ1) is 20.4. The Bertz CT molecular complexity index is 615. The minimum absolute atomic E-state index is 0.0214. The van der Waals surface area contributed by atoms with Crippen LogP contribution in [0.15, 0.2) is 0 Å². The van der Waals surface area contributed by atoms with Gasteiger partial charge in [0.25, 0.3) is 0 Å². The smallest absolute Gasteiger partial charge is 0.348 e. The molecule has 9 nitrogen and oxygen atoms in total. The molecule has 0 spiro atoms. The molecule has 26 heavy (non-hydrogen) atoms. The molecule has 3 aliphatic heterocycles. The lowest BCUT2D eigenvalue weighted by atomic mass is 10.1. The van der Waals surface area contributed by atoms with E-state index in [0.29, 0.717) is 0 Å². The molecule has 0 aliphatic carbocycles. The molecule has 0 radical (unpaired) electrons. The molecule has 0 aromatic heterocycles. The standard InChI is InChI=1S/C16H28O9S/c1-9(2)7-20-26(17,18)25-12-11(10-8-19-15(3,4)22-10)21-14-13(12)23-16(5,6)24-14/h9-14H,7-8H2,1-6H3/t10-,11+,12-,13+,14+/m0/s1. The van der Waals surface area contributed by atoms with Crippen LogP contribution in [0.25, 0.3) is 0 Å². The summed E-state index contributed by atoms with van der Waals surface area (Å²) >= 11 is 0. The summed E-state index contributed by atoms with van der Waals surface area (Å²) in [4.78, 5) is 0. The highest BCUT2D eigenvalue weighted by molar-refractivity contribution is 7.81. The maximum atomic E-state index is 12.3. The van der Waals surface area contributed by atoms with Gasteiger partial charge in [-0.2, -0.15) is 8.42 Å². The third-order valence-electron chi connectivity index (χ3n) is 4.20. The van der Waals surface area contributed by atoms with E-state index in [2.05, 4.69) is 0 Å². The largest absolute Gasteiger partial charge is 0.400 e. The van der Waals surface area contributed by atoms with Gasteiger partial charge in [0.2, 0.25) is 0 Å². The highest BCUT2D eigenvalue weighted by Gasteiger charge is 2.60. The van der Waals surface area contributed by atoms with E-state index < -0.39 is 52.7 Å². The quantitative estimate of drug-likeness (QED) is 0.658. The molecule has 0 bridgehead atoms. The summed E-state index contributed by atoms with van der Waals surface area (Å²) in [6, 6.07) is 0. The third kappa shape index (κ3) is 4.56. The molecule has 5 atom stereocenters. The van der Waals surface area contributed by atoms with Crippen molar-refractivity contribution in [2.24, 2.45) is 5.92 Å². The van der Waals surface area contributed by atoms with Crippen LogP contribution in [0.3, 0.4) is 0 Å². The molecule has 0 N–H and O–H groups in total. The molecule has 10 heteroatoms. The Hall–Kier alpha value is -0.330. The van der Waals surface area contributed by atoms with E-state index in [1.165, 1.54) is 0 Å². The molecule has 3 rings (SSSR count). The average molecular weight is 396 g/mol. The summed E-state index contributed by atoms with van der Waals surface area (Å²) in [5.41, 5.74) is 0. The fraction of sp³-hybridized carbons (Fsp3) is 1.00. The fourth-order valence-electron chi connectivity index (χ4n) is 3.17. The van der Waals surface area contributed by atoms with Gasteiger partial charge in [-0.25, -0.2) is 8.37 Å². The molecule has 0 saturated carbocycles. The van der Waals surface area contributed by atoms with E-state index in [9.17, 15) is 8.42 Å². The van der Waals surface area contributed by atoms with Gasteiger partial charge in [0, 0.05) is 0 Å². The monoisotopic (exact) mass is 396 g/mol. The van der Waals surface area contributed by atoms with Crippen LogP contribution in [0.2, 0.25) is 0 Å². The van der Waals surface area contributed by atoms with E-state index >= 15 is 0 Å². The Kier molecular flexibility index (Phi) is 5.44. The molecular formula is C16H28O9S. The number of ether oxygens (including phenoxy) is 5. The summed E-state index contributed by atoms with van der Waals surface area (Å²) < 4.78 is 63.6. The van der Waals surface area contributed by atoms with Crippen LogP contribution in [0.4, 0.5) is 0 Å².